The molecule has 1 amide bonds. The number of benzene rings is 1. The van der Waals surface area contributed by atoms with Crippen LogP contribution in [0.25, 0.3) is 0 Å². The van der Waals surface area contributed by atoms with Gasteiger partial charge in [0.1, 0.15) is 0 Å². The number of ether oxygens (including phenoxy) is 1. The fourth-order valence-electron chi connectivity index (χ4n) is 1.55. The summed E-state index contributed by atoms with van der Waals surface area (Å²) < 4.78 is 18.9. The van der Waals surface area contributed by atoms with Gasteiger partial charge in [-0.15, -0.1) is 0 Å². The minimum atomic E-state index is -0.530. The van der Waals surface area contributed by atoms with Crippen LogP contribution in [-0.4, -0.2) is 25.6 Å². The van der Waals surface area contributed by atoms with Crippen molar-refractivity contribution in [3.63, 3.8) is 0 Å². The predicted octanol–water partition coefficient (Wildman–Crippen LogP) is 1.12. The molecule has 1 aromatic rings. The van der Waals surface area contributed by atoms with E-state index in [-0.39, 0.29) is 24.1 Å². The Bertz CT molecular complexity index is 449. The molecule has 18 heavy (non-hydrogen) atoms. The second kappa shape index (κ2) is 5.57. The molecule has 0 bridgehead atoms. The van der Waals surface area contributed by atoms with Gasteiger partial charge in [0.05, 0.1) is 24.0 Å². The van der Waals surface area contributed by atoms with Crippen LogP contribution in [0.4, 0.5) is 15.8 Å². The minimum Gasteiger partial charge on any atom is -0.488 e. The molecule has 0 saturated heterocycles. The fraction of sp³-hybridized carbons (Fsp3) is 0.417. The van der Waals surface area contributed by atoms with Crippen LogP contribution < -0.4 is 21.1 Å². The Morgan fingerprint density at radius 1 is 1.50 bits per heavy atom. The van der Waals surface area contributed by atoms with Gasteiger partial charge in [-0.3, -0.25) is 4.79 Å². The van der Waals surface area contributed by atoms with E-state index in [0.29, 0.717) is 5.69 Å². The number of hydrogen-bond donors (Lipinski definition) is 2. The van der Waals surface area contributed by atoms with Gasteiger partial charge in [0.25, 0.3) is 0 Å². The predicted molar refractivity (Wildman–Crippen MR) is 69.0 cm³/mol. The highest BCUT2D eigenvalue weighted by atomic mass is 19.1. The van der Waals surface area contributed by atoms with E-state index < -0.39 is 11.7 Å². The van der Waals surface area contributed by atoms with E-state index in [0.717, 1.165) is 0 Å². The molecular weight excluding hydrogens is 237 g/mol. The van der Waals surface area contributed by atoms with E-state index in [9.17, 15) is 9.18 Å². The molecule has 0 aliphatic rings. The van der Waals surface area contributed by atoms with Gasteiger partial charge >= 0.3 is 0 Å². The number of anilines is 2. The highest BCUT2D eigenvalue weighted by Crippen LogP contribution is 2.30. The summed E-state index contributed by atoms with van der Waals surface area (Å²) in [6.45, 7) is 3.59. The Morgan fingerprint density at radius 3 is 2.61 bits per heavy atom. The summed E-state index contributed by atoms with van der Waals surface area (Å²) in [4.78, 5) is 12.4. The molecule has 0 atom stereocenters. The number of nitrogens with two attached hydrogens (primary N) is 2. The molecule has 0 fully saturated rings. The van der Waals surface area contributed by atoms with Crippen LogP contribution in [0, 0.1) is 5.82 Å². The maximum Gasteiger partial charge on any atom is 0.236 e. The quantitative estimate of drug-likeness (QED) is 0.772. The van der Waals surface area contributed by atoms with Crippen LogP contribution in [0.2, 0.25) is 0 Å². The summed E-state index contributed by atoms with van der Waals surface area (Å²) in [7, 11) is 1.65. The highest BCUT2D eigenvalue weighted by Gasteiger charge is 2.14. The number of nitrogen functional groups attached to an aromatic ring is 1. The van der Waals surface area contributed by atoms with Gasteiger partial charge < -0.3 is 21.1 Å². The molecule has 1 aromatic carbocycles. The zero-order chi connectivity index (χ0) is 13.9. The van der Waals surface area contributed by atoms with Crippen molar-refractivity contribution in [3.05, 3.63) is 17.9 Å². The SMILES string of the molecule is CC(C)Oc1cc(N(C)CC(N)=O)c(N)cc1F. The number of likely N-dealkylation sites (N-methyl/N-ethyl adjacent to an activating group) is 1. The molecule has 0 radical (unpaired) electrons. The lowest BCUT2D eigenvalue weighted by molar-refractivity contribution is -0.116. The van der Waals surface area contributed by atoms with Crippen molar-refractivity contribution in [3.8, 4) is 5.75 Å². The Morgan fingerprint density at radius 2 is 2.11 bits per heavy atom. The van der Waals surface area contributed by atoms with Crippen LogP contribution in [-0.2, 0) is 4.79 Å². The summed E-state index contributed by atoms with van der Waals surface area (Å²) in [6.07, 6.45) is -0.155. The molecule has 0 spiro atoms. The van der Waals surface area contributed by atoms with Gasteiger partial charge in [0.15, 0.2) is 11.6 Å². The lowest BCUT2D eigenvalue weighted by atomic mass is 10.2. The lowest BCUT2D eigenvalue weighted by Crippen LogP contribution is -2.31. The maximum atomic E-state index is 13.6. The number of hydrogen-bond acceptors (Lipinski definition) is 4. The summed E-state index contributed by atoms with van der Waals surface area (Å²) in [5.74, 6) is -0.921. The summed E-state index contributed by atoms with van der Waals surface area (Å²) >= 11 is 0. The number of amides is 1. The summed E-state index contributed by atoms with van der Waals surface area (Å²) in [5, 5.41) is 0. The number of rotatable bonds is 5. The number of nitrogens with zero attached hydrogens (tertiary/aromatic N) is 1. The third-order valence-electron chi connectivity index (χ3n) is 2.25. The normalized spacial score (nSPS) is 10.5. The Labute approximate surface area is 106 Å². The number of carbonyl (C=O) groups excluding carboxylic acids is 1. The van der Waals surface area contributed by atoms with Crippen LogP contribution >= 0.6 is 0 Å². The lowest BCUT2D eigenvalue weighted by Gasteiger charge is -2.21. The van der Waals surface area contributed by atoms with Crippen LogP contribution in [0.1, 0.15) is 13.8 Å². The van der Waals surface area contributed by atoms with Gasteiger partial charge in [-0.05, 0) is 13.8 Å². The van der Waals surface area contributed by atoms with Crippen molar-refractivity contribution >= 4 is 17.3 Å². The van der Waals surface area contributed by atoms with Crippen molar-refractivity contribution in [2.45, 2.75) is 20.0 Å². The molecule has 100 valence electrons. The topological polar surface area (TPSA) is 81.6 Å². The molecule has 0 aliphatic carbocycles. The third kappa shape index (κ3) is 3.51. The van der Waals surface area contributed by atoms with E-state index in [4.69, 9.17) is 16.2 Å². The van der Waals surface area contributed by atoms with Gasteiger partial charge in [0.2, 0.25) is 5.91 Å². The zero-order valence-corrected chi connectivity index (χ0v) is 10.7. The van der Waals surface area contributed by atoms with Gasteiger partial charge in [0, 0.05) is 19.2 Å². The Balaban J connectivity index is 3.07. The van der Waals surface area contributed by atoms with E-state index in [1.807, 2.05) is 0 Å². The molecule has 0 heterocycles. The average molecular weight is 255 g/mol. The van der Waals surface area contributed by atoms with Crippen molar-refractivity contribution < 1.29 is 13.9 Å². The van der Waals surface area contributed by atoms with E-state index >= 15 is 0 Å². The van der Waals surface area contributed by atoms with Crippen molar-refractivity contribution in [1.82, 2.24) is 0 Å². The average Bonchev–Trinajstić information content (AvgIpc) is 2.20. The maximum absolute atomic E-state index is 13.6. The monoisotopic (exact) mass is 255 g/mol. The fourth-order valence-corrected chi connectivity index (χ4v) is 1.55. The van der Waals surface area contributed by atoms with Gasteiger partial charge in [-0.1, -0.05) is 0 Å². The molecule has 0 saturated carbocycles. The Hall–Kier alpha value is -1.98. The van der Waals surface area contributed by atoms with Gasteiger partial charge in [-0.2, -0.15) is 0 Å². The first kappa shape index (κ1) is 14.1. The molecule has 5 nitrogen and oxygen atoms in total. The molecule has 1 rings (SSSR count). The van der Waals surface area contributed by atoms with E-state index in [1.54, 1.807) is 25.8 Å². The number of primary amides is 1. The summed E-state index contributed by atoms with van der Waals surface area (Å²) in [5.41, 5.74) is 11.5. The van der Waals surface area contributed by atoms with Gasteiger partial charge in [-0.25, -0.2) is 4.39 Å². The molecule has 0 unspecified atom stereocenters. The van der Waals surface area contributed by atoms with E-state index in [2.05, 4.69) is 0 Å². The number of carbonyl (C=O) groups is 1. The molecule has 0 aromatic heterocycles. The smallest absolute Gasteiger partial charge is 0.236 e. The molecule has 0 aliphatic heterocycles. The second-order valence-corrected chi connectivity index (χ2v) is 4.33. The zero-order valence-electron chi connectivity index (χ0n) is 10.7. The first-order chi connectivity index (χ1) is 8.31. The van der Waals surface area contributed by atoms with E-state index in [1.165, 1.54) is 12.1 Å². The second-order valence-electron chi connectivity index (χ2n) is 4.33. The first-order valence-corrected chi connectivity index (χ1v) is 5.56. The summed E-state index contributed by atoms with van der Waals surface area (Å²) in [6, 6.07) is 2.64. The van der Waals surface area contributed by atoms with Crippen molar-refractivity contribution in [2.24, 2.45) is 5.73 Å². The standard InChI is InChI=1S/C12H18FN3O2/c1-7(2)18-11-5-10(9(14)4-8(11)13)16(3)6-12(15)17/h4-5,7H,6,14H2,1-3H3,(H2,15,17). The minimum absolute atomic E-state index is 0.00302. The van der Waals surface area contributed by atoms with Crippen LogP contribution in [0.3, 0.4) is 0 Å². The number of halogens is 1. The van der Waals surface area contributed by atoms with Crippen LogP contribution in [0.15, 0.2) is 12.1 Å². The first-order valence-electron chi connectivity index (χ1n) is 5.56. The largest absolute Gasteiger partial charge is 0.488 e. The molecule has 6 heteroatoms. The Kier molecular flexibility index (Phi) is 4.36. The highest BCUT2D eigenvalue weighted by molar-refractivity contribution is 5.81. The third-order valence-corrected chi connectivity index (χ3v) is 2.25. The molecule has 4 N–H and O–H groups in total. The van der Waals surface area contributed by atoms with Crippen molar-refractivity contribution in [2.75, 3.05) is 24.2 Å². The van der Waals surface area contributed by atoms with Crippen molar-refractivity contribution in [1.29, 1.82) is 0 Å². The van der Waals surface area contributed by atoms with Crippen LogP contribution in [0.5, 0.6) is 5.75 Å². The molecular formula is C12H18FN3O2.